The summed E-state index contributed by atoms with van der Waals surface area (Å²) in [6.45, 7) is 6.23. The van der Waals surface area contributed by atoms with Gasteiger partial charge >= 0.3 is 0 Å². The van der Waals surface area contributed by atoms with E-state index in [2.05, 4.69) is 56.8 Å². The quantitative estimate of drug-likeness (QED) is 0.269. The van der Waals surface area contributed by atoms with Gasteiger partial charge in [0.05, 0.1) is 5.01 Å². The summed E-state index contributed by atoms with van der Waals surface area (Å²) in [5.41, 5.74) is 13.7. The number of benzene rings is 2. The average molecular weight is 529 g/mol. The fourth-order valence-electron chi connectivity index (χ4n) is 5.41. The third-order valence-corrected chi connectivity index (χ3v) is 8.40. The molecule has 1 aliphatic carbocycles. The van der Waals surface area contributed by atoms with Crippen LogP contribution in [0.3, 0.4) is 0 Å². The van der Waals surface area contributed by atoms with Crippen molar-refractivity contribution in [3.05, 3.63) is 93.1 Å². The molecule has 3 heterocycles. The van der Waals surface area contributed by atoms with Gasteiger partial charge < -0.3 is 5.73 Å². The molecule has 0 atom stereocenters. The van der Waals surface area contributed by atoms with Crippen LogP contribution in [0.4, 0.5) is 21.6 Å². The highest BCUT2D eigenvalue weighted by atomic mass is 32.1. The minimum Gasteiger partial charge on any atom is -0.378 e. The standard InChI is InChI=1S/C25H26FN4.C6H9NS/c1-2-16-11-18(14-20(26)13-16)12-17-7-9-21(10-8-17)30-23(19-5-3-4-6-19)22-24(30)25(27)29-15-28-22;1-3-6-4-7-5(2)8-6/h7-11,13-15,19H,2-6,12H2,1H3,(H2,27,28,29);4H,3H2,1-2H3/q+1;. The molecular weight excluding hydrogens is 493 g/mol. The summed E-state index contributed by atoms with van der Waals surface area (Å²) in [4.78, 5) is 14.2. The SMILES string of the molecule is CCc1cc(F)cc(Cc2ccc([N+]3=C(C4CCCC4)c4ncnc(N)c43)cc2)c1.CCc1cnc(C)s1. The Bertz CT molecular complexity index is 1450. The lowest BCUT2D eigenvalue weighted by molar-refractivity contribution is 0.623. The number of aromatic nitrogens is 3. The summed E-state index contributed by atoms with van der Waals surface area (Å²) in [6, 6.07) is 13.8. The molecule has 7 heteroatoms. The van der Waals surface area contributed by atoms with Crippen molar-refractivity contribution >= 4 is 34.2 Å². The molecule has 196 valence electrons. The van der Waals surface area contributed by atoms with Crippen LogP contribution >= 0.6 is 11.3 Å². The first kappa shape index (κ1) is 26.2. The zero-order chi connectivity index (χ0) is 26.6. The van der Waals surface area contributed by atoms with Crippen LogP contribution in [0.5, 0.6) is 0 Å². The number of thiazole rings is 1. The highest BCUT2D eigenvalue weighted by Gasteiger charge is 2.46. The molecule has 1 fully saturated rings. The van der Waals surface area contributed by atoms with Crippen LogP contribution in [0, 0.1) is 18.7 Å². The topological polar surface area (TPSA) is 67.7 Å². The van der Waals surface area contributed by atoms with Crippen molar-refractivity contribution in [3.8, 4) is 0 Å². The molecule has 1 saturated carbocycles. The first-order valence-electron chi connectivity index (χ1n) is 13.5. The Labute approximate surface area is 228 Å². The Balaban J connectivity index is 0.000000316. The maximum absolute atomic E-state index is 13.9. The summed E-state index contributed by atoms with van der Waals surface area (Å²) in [5.74, 6) is 0.897. The largest absolute Gasteiger partial charge is 0.378 e. The van der Waals surface area contributed by atoms with E-state index in [4.69, 9.17) is 5.73 Å². The molecule has 0 unspecified atom stereocenters. The number of fused-ring (bicyclic) bond motifs is 1. The number of anilines is 1. The normalized spacial score (nSPS) is 14.6. The van der Waals surface area contributed by atoms with Crippen molar-refractivity contribution in [1.82, 2.24) is 19.5 Å². The lowest BCUT2D eigenvalue weighted by Crippen LogP contribution is -2.36. The van der Waals surface area contributed by atoms with E-state index in [-0.39, 0.29) is 5.82 Å². The number of hydrogen-bond acceptors (Lipinski definition) is 5. The fourth-order valence-corrected chi connectivity index (χ4v) is 6.14. The third kappa shape index (κ3) is 5.53. The average Bonchev–Trinajstić information content (AvgIpc) is 3.58. The van der Waals surface area contributed by atoms with Gasteiger partial charge in [0, 0.05) is 29.1 Å². The summed E-state index contributed by atoms with van der Waals surface area (Å²) in [6.07, 6.45) is 11.1. The van der Waals surface area contributed by atoms with Crippen molar-refractivity contribution in [2.75, 3.05) is 5.73 Å². The molecule has 2 aromatic heterocycles. The predicted octanol–water partition coefficient (Wildman–Crippen LogP) is 7.19. The Morgan fingerprint density at radius 1 is 0.947 bits per heavy atom. The molecule has 0 spiro atoms. The van der Waals surface area contributed by atoms with E-state index < -0.39 is 0 Å². The van der Waals surface area contributed by atoms with Crippen LogP contribution in [0.25, 0.3) is 0 Å². The minimum atomic E-state index is -0.163. The van der Waals surface area contributed by atoms with Crippen LogP contribution in [-0.2, 0) is 19.3 Å². The van der Waals surface area contributed by atoms with Gasteiger partial charge in [-0.1, -0.05) is 44.9 Å². The molecule has 0 bridgehead atoms. The van der Waals surface area contributed by atoms with E-state index in [1.165, 1.54) is 41.3 Å². The van der Waals surface area contributed by atoms with Crippen molar-refractivity contribution in [2.45, 2.75) is 65.7 Å². The van der Waals surface area contributed by atoms with Gasteiger partial charge in [-0.3, -0.25) is 0 Å². The van der Waals surface area contributed by atoms with Crippen molar-refractivity contribution < 1.29 is 4.39 Å². The second-order valence-electron chi connectivity index (χ2n) is 10.0. The van der Waals surface area contributed by atoms with Crippen molar-refractivity contribution in [1.29, 1.82) is 0 Å². The second kappa shape index (κ2) is 11.5. The zero-order valence-electron chi connectivity index (χ0n) is 22.4. The van der Waals surface area contributed by atoms with Gasteiger partial charge in [-0.15, -0.1) is 15.9 Å². The number of aryl methyl sites for hydroxylation is 3. The summed E-state index contributed by atoms with van der Waals surface area (Å²) in [7, 11) is 0. The first-order chi connectivity index (χ1) is 18.5. The molecular formula is C31H35FN5S+. The molecule has 2 N–H and O–H groups in total. The second-order valence-corrected chi connectivity index (χ2v) is 11.3. The van der Waals surface area contributed by atoms with Gasteiger partial charge in [-0.2, -0.15) is 0 Å². The molecule has 0 amide bonds. The lowest BCUT2D eigenvalue weighted by Gasteiger charge is -2.22. The molecule has 38 heavy (non-hydrogen) atoms. The van der Waals surface area contributed by atoms with Crippen LogP contribution in [-0.4, -0.2) is 20.7 Å². The van der Waals surface area contributed by atoms with E-state index in [0.29, 0.717) is 18.2 Å². The van der Waals surface area contributed by atoms with E-state index >= 15 is 0 Å². The Morgan fingerprint density at radius 3 is 2.32 bits per heavy atom. The molecule has 4 aromatic rings. The first-order valence-corrected chi connectivity index (χ1v) is 14.3. The van der Waals surface area contributed by atoms with Crippen LogP contribution in [0.1, 0.15) is 71.8 Å². The van der Waals surface area contributed by atoms with Gasteiger partial charge in [0.1, 0.15) is 12.1 Å². The molecule has 6 rings (SSSR count). The van der Waals surface area contributed by atoms with Crippen LogP contribution in [0.15, 0.2) is 55.0 Å². The van der Waals surface area contributed by atoms with Crippen LogP contribution in [0.2, 0.25) is 0 Å². The maximum atomic E-state index is 13.9. The fraction of sp³-hybridized carbons (Fsp3) is 0.355. The minimum absolute atomic E-state index is 0.163. The van der Waals surface area contributed by atoms with E-state index in [1.54, 1.807) is 29.8 Å². The van der Waals surface area contributed by atoms with Gasteiger partial charge in [0.25, 0.3) is 5.69 Å². The number of nitrogens with two attached hydrogens (primary N) is 1. The van der Waals surface area contributed by atoms with E-state index in [1.807, 2.05) is 20.0 Å². The van der Waals surface area contributed by atoms with Crippen molar-refractivity contribution in [2.24, 2.45) is 5.92 Å². The number of halogens is 1. The highest BCUT2D eigenvalue weighted by molar-refractivity contribution is 7.11. The van der Waals surface area contributed by atoms with Crippen LogP contribution < -0.4 is 10.3 Å². The molecule has 2 aliphatic rings. The third-order valence-electron chi connectivity index (χ3n) is 7.35. The van der Waals surface area contributed by atoms with Gasteiger partial charge in [0.2, 0.25) is 22.9 Å². The molecule has 1 aliphatic heterocycles. The van der Waals surface area contributed by atoms with Gasteiger partial charge in [-0.05, 0) is 67.9 Å². The summed E-state index contributed by atoms with van der Waals surface area (Å²) >= 11 is 1.78. The zero-order valence-corrected chi connectivity index (χ0v) is 23.2. The smallest absolute Gasteiger partial charge is 0.286 e. The molecule has 0 radical (unpaired) electrons. The van der Waals surface area contributed by atoms with Gasteiger partial charge in [-0.25, -0.2) is 19.3 Å². The summed E-state index contributed by atoms with van der Waals surface area (Å²) < 4.78 is 16.1. The van der Waals surface area contributed by atoms with E-state index in [0.717, 1.165) is 46.6 Å². The number of hydrogen-bond donors (Lipinski definition) is 1. The number of nitrogen functional groups attached to an aromatic ring is 1. The van der Waals surface area contributed by atoms with Gasteiger partial charge in [0.15, 0.2) is 0 Å². The Hall–Kier alpha value is -3.45. The van der Waals surface area contributed by atoms with Crippen molar-refractivity contribution in [3.63, 3.8) is 0 Å². The van der Waals surface area contributed by atoms with E-state index in [9.17, 15) is 4.39 Å². The predicted molar refractivity (Wildman–Crippen MR) is 155 cm³/mol. The Morgan fingerprint density at radius 2 is 1.68 bits per heavy atom. The molecule has 2 aromatic carbocycles. The summed E-state index contributed by atoms with van der Waals surface area (Å²) in [5, 5.41) is 1.17. The monoisotopic (exact) mass is 528 g/mol. The molecule has 5 nitrogen and oxygen atoms in total. The molecule has 0 saturated heterocycles. The number of rotatable bonds is 6. The maximum Gasteiger partial charge on any atom is 0.286 e. The lowest BCUT2D eigenvalue weighted by atomic mass is 9.91. The highest BCUT2D eigenvalue weighted by Crippen LogP contribution is 2.42. The Kier molecular flexibility index (Phi) is 7.93. The number of nitrogens with zero attached hydrogens (tertiary/aromatic N) is 4.